The van der Waals surface area contributed by atoms with Crippen molar-refractivity contribution in [3.05, 3.63) is 48.3 Å². The van der Waals surface area contributed by atoms with Crippen molar-refractivity contribution in [2.75, 3.05) is 6.61 Å². The number of aliphatic hydroxyl groups is 1. The molecule has 1 aromatic carbocycles. The Morgan fingerprint density at radius 1 is 1.33 bits per heavy atom. The maximum absolute atomic E-state index is 12.4. The summed E-state index contributed by atoms with van der Waals surface area (Å²) >= 11 is 0. The molecule has 0 fully saturated rings. The number of nitrogens with zero attached hydrogens (tertiary/aromatic N) is 2. The van der Waals surface area contributed by atoms with Crippen molar-refractivity contribution in [3.8, 4) is 0 Å². The molecule has 0 saturated heterocycles. The Bertz CT molecular complexity index is 668. The Kier molecular flexibility index (Phi) is 5.11. The maximum Gasteiger partial charge on any atom is 0.244 e. The third kappa shape index (κ3) is 4.13. The Hall–Kier alpha value is -1.70. The number of hydrogen-bond donors (Lipinski definition) is 2. The van der Waals surface area contributed by atoms with Gasteiger partial charge in [-0.2, -0.15) is 5.10 Å². The molecule has 2 aromatic rings. The average molecular weight is 309 g/mol. The van der Waals surface area contributed by atoms with Gasteiger partial charge in [-0.05, 0) is 18.4 Å². The first-order valence-electron chi connectivity index (χ1n) is 6.70. The van der Waals surface area contributed by atoms with Gasteiger partial charge in [-0.15, -0.1) is 0 Å². The fourth-order valence-electron chi connectivity index (χ4n) is 2.07. The van der Waals surface area contributed by atoms with Crippen molar-refractivity contribution in [1.82, 2.24) is 14.5 Å². The first kappa shape index (κ1) is 15.7. The van der Waals surface area contributed by atoms with E-state index in [-0.39, 0.29) is 17.5 Å². The number of hydrogen-bond acceptors (Lipinski definition) is 4. The number of aryl methyl sites for hydroxylation is 1. The Labute approximate surface area is 124 Å². The van der Waals surface area contributed by atoms with Crippen molar-refractivity contribution in [1.29, 1.82) is 0 Å². The minimum atomic E-state index is -3.63. The second kappa shape index (κ2) is 6.84. The number of benzene rings is 1. The number of sulfonamides is 1. The molecule has 2 N–H and O–H groups in total. The van der Waals surface area contributed by atoms with Gasteiger partial charge in [0.25, 0.3) is 0 Å². The van der Waals surface area contributed by atoms with Crippen molar-refractivity contribution >= 4 is 10.0 Å². The van der Waals surface area contributed by atoms with Crippen molar-refractivity contribution in [3.63, 3.8) is 0 Å². The molecule has 0 spiro atoms. The second-order valence-corrected chi connectivity index (χ2v) is 6.51. The van der Waals surface area contributed by atoms with Crippen LogP contribution in [0.1, 0.15) is 24.4 Å². The summed E-state index contributed by atoms with van der Waals surface area (Å²) in [6.45, 7) is 0.0257. The van der Waals surface area contributed by atoms with Gasteiger partial charge in [0.15, 0.2) is 0 Å². The number of aromatic nitrogens is 2. The van der Waals surface area contributed by atoms with Crippen LogP contribution < -0.4 is 4.72 Å². The number of nitrogens with one attached hydrogen (secondary N) is 1. The summed E-state index contributed by atoms with van der Waals surface area (Å²) in [5, 5.41) is 12.9. The largest absolute Gasteiger partial charge is 0.396 e. The van der Waals surface area contributed by atoms with Crippen molar-refractivity contribution in [2.24, 2.45) is 7.05 Å². The Morgan fingerprint density at radius 3 is 2.62 bits per heavy atom. The van der Waals surface area contributed by atoms with Gasteiger partial charge < -0.3 is 5.11 Å². The quantitative estimate of drug-likeness (QED) is 0.805. The monoisotopic (exact) mass is 309 g/mol. The molecule has 1 heterocycles. The lowest BCUT2D eigenvalue weighted by molar-refractivity contribution is 0.278. The fraction of sp³-hybridized carbons (Fsp3) is 0.357. The highest BCUT2D eigenvalue weighted by atomic mass is 32.2. The summed E-state index contributed by atoms with van der Waals surface area (Å²) in [7, 11) is -1.97. The van der Waals surface area contributed by atoms with Gasteiger partial charge in [-0.3, -0.25) is 4.68 Å². The first-order chi connectivity index (χ1) is 10.0. The molecule has 1 atom stereocenters. The van der Waals surface area contributed by atoms with Gasteiger partial charge in [-0.25, -0.2) is 13.1 Å². The van der Waals surface area contributed by atoms with Gasteiger partial charge in [0, 0.05) is 25.9 Å². The first-order valence-corrected chi connectivity index (χ1v) is 8.18. The van der Waals surface area contributed by atoms with Crippen LogP contribution in [0, 0.1) is 0 Å². The topological polar surface area (TPSA) is 84.2 Å². The van der Waals surface area contributed by atoms with E-state index in [2.05, 4.69) is 9.82 Å². The van der Waals surface area contributed by atoms with Gasteiger partial charge in [0.05, 0.1) is 6.20 Å². The summed E-state index contributed by atoms with van der Waals surface area (Å²) in [6.07, 6.45) is 3.82. The summed E-state index contributed by atoms with van der Waals surface area (Å²) < 4.78 is 28.9. The molecule has 0 bridgehead atoms. The minimum Gasteiger partial charge on any atom is -0.396 e. The molecule has 1 unspecified atom stereocenters. The van der Waals surface area contributed by atoms with Gasteiger partial charge in [-0.1, -0.05) is 30.3 Å². The lowest BCUT2D eigenvalue weighted by Gasteiger charge is -2.18. The molecule has 2 rings (SSSR count). The molecule has 0 aliphatic heterocycles. The van der Waals surface area contributed by atoms with Crippen LogP contribution in [-0.2, 0) is 17.1 Å². The third-order valence-electron chi connectivity index (χ3n) is 3.14. The zero-order valence-corrected chi connectivity index (χ0v) is 12.6. The molecule has 7 heteroatoms. The van der Waals surface area contributed by atoms with E-state index in [1.807, 2.05) is 30.3 Å². The van der Waals surface area contributed by atoms with Crippen LogP contribution in [0.2, 0.25) is 0 Å². The standard InChI is InChI=1S/C14H19N3O3S/c1-17-11-13(10-15-17)21(19,20)16-14(8-5-9-18)12-6-3-2-4-7-12/h2-4,6-7,10-11,14,16,18H,5,8-9H2,1H3. The van der Waals surface area contributed by atoms with E-state index in [0.717, 1.165) is 5.56 Å². The van der Waals surface area contributed by atoms with Gasteiger partial charge in [0.1, 0.15) is 4.90 Å². The highest BCUT2D eigenvalue weighted by Crippen LogP contribution is 2.21. The van der Waals surface area contributed by atoms with E-state index in [1.54, 1.807) is 7.05 Å². The van der Waals surface area contributed by atoms with Crippen LogP contribution in [-0.4, -0.2) is 29.9 Å². The minimum absolute atomic E-state index is 0.0257. The Morgan fingerprint density at radius 2 is 2.05 bits per heavy atom. The highest BCUT2D eigenvalue weighted by molar-refractivity contribution is 7.89. The average Bonchev–Trinajstić information content (AvgIpc) is 2.92. The zero-order chi connectivity index (χ0) is 15.3. The molecule has 1 aromatic heterocycles. The molecule has 0 aliphatic carbocycles. The lowest BCUT2D eigenvalue weighted by Crippen LogP contribution is -2.28. The molecule has 6 nitrogen and oxygen atoms in total. The van der Waals surface area contributed by atoms with Crippen molar-refractivity contribution in [2.45, 2.75) is 23.8 Å². The van der Waals surface area contributed by atoms with E-state index in [9.17, 15) is 8.42 Å². The smallest absolute Gasteiger partial charge is 0.244 e. The maximum atomic E-state index is 12.4. The van der Waals surface area contributed by atoms with E-state index in [1.165, 1.54) is 17.1 Å². The number of aliphatic hydroxyl groups excluding tert-OH is 1. The molecule has 0 aliphatic rings. The van der Waals surface area contributed by atoms with E-state index in [0.29, 0.717) is 12.8 Å². The van der Waals surface area contributed by atoms with Crippen LogP contribution >= 0.6 is 0 Å². The van der Waals surface area contributed by atoms with Crippen LogP contribution in [0.4, 0.5) is 0 Å². The summed E-state index contributed by atoms with van der Waals surface area (Å²) in [5.41, 5.74) is 0.874. The SMILES string of the molecule is Cn1cc(S(=O)(=O)NC(CCCO)c2ccccc2)cn1. The zero-order valence-electron chi connectivity index (χ0n) is 11.8. The second-order valence-electron chi connectivity index (χ2n) is 4.80. The highest BCUT2D eigenvalue weighted by Gasteiger charge is 2.22. The molecule has 21 heavy (non-hydrogen) atoms. The Balaban J connectivity index is 2.22. The summed E-state index contributed by atoms with van der Waals surface area (Å²) in [6, 6.07) is 8.96. The predicted octanol–water partition coefficient (Wildman–Crippen LogP) is 1.21. The number of rotatable bonds is 7. The van der Waals surface area contributed by atoms with Crippen molar-refractivity contribution < 1.29 is 13.5 Å². The lowest BCUT2D eigenvalue weighted by atomic mass is 10.0. The summed E-state index contributed by atoms with van der Waals surface area (Å²) in [4.78, 5) is 0.134. The van der Waals surface area contributed by atoms with E-state index < -0.39 is 10.0 Å². The third-order valence-corrected chi connectivity index (χ3v) is 4.57. The normalized spacial score (nSPS) is 13.2. The molecule has 0 amide bonds. The fourth-order valence-corrected chi connectivity index (χ4v) is 3.31. The van der Waals surface area contributed by atoms with Crippen LogP contribution in [0.25, 0.3) is 0 Å². The predicted molar refractivity (Wildman–Crippen MR) is 79.0 cm³/mol. The van der Waals surface area contributed by atoms with Crippen LogP contribution in [0.3, 0.4) is 0 Å². The van der Waals surface area contributed by atoms with Crippen LogP contribution in [0.5, 0.6) is 0 Å². The molecular formula is C14H19N3O3S. The van der Waals surface area contributed by atoms with Crippen LogP contribution in [0.15, 0.2) is 47.6 Å². The molecule has 0 radical (unpaired) electrons. The van der Waals surface area contributed by atoms with E-state index in [4.69, 9.17) is 5.11 Å². The molecule has 0 saturated carbocycles. The molecular weight excluding hydrogens is 290 g/mol. The molecule has 114 valence electrons. The van der Waals surface area contributed by atoms with Gasteiger partial charge >= 0.3 is 0 Å². The van der Waals surface area contributed by atoms with E-state index >= 15 is 0 Å². The summed E-state index contributed by atoms with van der Waals surface area (Å²) in [5.74, 6) is 0. The van der Waals surface area contributed by atoms with Gasteiger partial charge in [0.2, 0.25) is 10.0 Å².